The normalized spacial score (nSPS) is 10.8. The van der Waals surface area contributed by atoms with Crippen molar-refractivity contribution in [1.82, 2.24) is 4.57 Å². The summed E-state index contributed by atoms with van der Waals surface area (Å²) in [5, 5.41) is 12.8. The summed E-state index contributed by atoms with van der Waals surface area (Å²) in [7, 11) is 3.01. The fraction of sp³-hybridized carbons (Fsp3) is 0.192. The van der Waals surface area contributed by atoms with Gasteiger partial charge in [0.2, 0.25) is 0 Å². The Morgan fingerprint density at radius 2 is 1.65 bits per heavy atom. The standard InChI is InChI=1S/C26H24N2O6/c1-4-34-26(29)25-21(14-17-8-6-5-7-9-17)20-15-18(32-2)10-12-22(20)27(25)23-13-11-19(33-3)16-24(23)28(30)31/h5-13,15-16H,4,14H2,1-3H3. The van der Waals surface area contributed by atoms with Crippen LogP contribution >= 0.6 is 0 Å². The van der Waals surface area contributed by atoms with E-state index in [2.05, 4.69) is 0 Å². The summed E-state index contributed by atoms with van der Waals surface area (Å²) < 4.78 is 17.6. The van der Waals surface area contributed by atoms with Crippen molar-refractivity contribution < 1.29 is 23.9 Å². The third-order valence-corrected chi connectivity index (χ3v) is 5.59. The number of hydrogen-bond donors (Lipinski definition) is 0. The molecule has 0 bridgehead atoms. The molecular weight excluding hydrogens is 436 g/mol. The Bertz CT molecular complexity index is 1360. The van der Waals surface area contributed by atoms with E-state index in [0.717, 1.165) is 10.9 Å². The third kappa shape index (κ3) is 4.17. The Morgan fingerprint density at radius 1 is 0.971 bits per heavy atom. The summed E-state index contributed by atoms with van der Waals surface area (Å²) in [6.45, 7) is 1.89. The van der Waals surface area contributed by atoms with Crippen LogP contribution in [-0.2, 0) is 11.2 Å². The first-order valence-electron chi connectivity index (χ1n) is 10.7. The van der Waals surface area contributed by atoms with Crippen LogP contribution in [0, 0.1) is 10.1 Å². The molecule has 0 saturated carbocycles. The zero-order chi connectivity index (χ0) is 24.2. The highest BCUT2D eigenvalue weighted by atomic mass is 16.6. The van der Waals surface area contributed by atoms with Crippen molar-refractivity contribution in [3.05, 3.63) is 93.7 Å². The van der Waals surface area contributed by atoms with Gasteiger partial charge in [0, 0.05) is 11.8 Å². The predicted molar refractivity (Wildman–Crippen MR) is 128 cm³/mol. The summed E-state index contributed by atoms with van der Waals surface area (Å²) >= 11 is 0. The molecule has 0 fully saturated rings. The smallest absolute Gasteiger partial charge is 0.355 e. The number of hydrogen-bond acceptors (Lipinski definition) is 6. The molecule has 0 radical (unpaired) electrons. The van der Waals surface area contributed by atoms with Crippen molar-refractivity contribution in [2.24, 2.45) is 0 Å². The molecule has 0 aliphatic heterocycles. The number of benzene rings is 3. The van der Waals surface area contributed by atoms with Crippen molar-refractivity contribution in [3.63, 3.8) is 0 Å². The van der Waals surface area contributed by atoms with Crippen LogP contribution in [0.25, 0.3) is 16.6 Å². The van der Waals surface area contributed by atoms with Gasteiger partial charge in [-0.1, -0.05) is 30.3 Å². The lowest BCUT2D eigenvalue weighted by Gasteiger charge is -2.13. The maximum Gasteiger partial charge on any atom is 0.355 e. The number of nitro groups is 1. The highest BCUT2D eigenvalue weighted by Gasteiger charge is 2.29. The van der Waals surface area contributed by atoms with Crippen molar-refractivity contribution >= 4 is 22.6 Å². The van der Waals surface area contributed by atoms with Crippen LogP contribution in [-0.4, -0.2) is 36.3 Å². The topological polar surface area (TPSA) is 92.8 Å². The van der Waals surface area contributed by atoms with Crippen molar-refractivity contribution in [3.8, 4) is 17.2 Å². The maximum atomic E-state index is 13.3. The predicted octanol–water partition coefficient (Wildman–Crippen LogP) is 5.32. The summed E-state index contributed by atoms with van der Waals surface area (Å²) in [4.78, 5) is 24.8. The lowest BCUT2D eigenvalue weighted by atomic mass is 10.0. The molecule has 0 N–H and O–H groups in total. The van der Waals surface area contributed by atoms with Crippen molar-refractivity contribution in [2.75, 3.05) is 20.8 Å². The number of rotatable bonds is 8. The van der Waals surface area contributed by atoms with E-state index in [1.54, 1.807) is 42.9 Å². The molecule has 0 atom stereocenters. The third-order valence-electron chi connectivity index (χ3n) is 5.59. The molecule has 1 aromatic heterocycles. The number of carbonyl (C=O) groups is 1. The molecule has 0 saturated heterocycles. The summed E-state index contributed by atoms with van der Waals surface area (Å²) in [5.41, 5.74) is 2.60. The zero-order valence-corrected chi connectivity index (χ0v) is 19.1. The van der Waals surface area contributed by atoms with Gasteiger partial charge in [0.1, 0.15) is 22.9 Å². The molecule has 4 aromatic rings. The Kier molecular flexibility index (Phi) is 6.49. The van der Waals surface area contributed by atoms with E-state index in [0.29, 0.717) is 29.0 Å². The number of nitrogens with zero attached hydrogens (tertiary/aromatic N) is 2. The van der Waals surface area contributed by atoms with Crippen LogP contribution < -0.4 is 9.47 Å². The molecular formula is C26H24N2O6. The number of ether oxygens (including phenoxy) is 3. The molecule has 0 aliphatic carbocycles. The van der Waals surface area contributed by atoms with Gasteiger partial charge in [-0.3, -0.25) is 14.7 Å². The summed E-state index contributed by atoms with van der Waals surface area (Å²) in [6, 6.07) is 19.6. The summed E-state index contributed by atoms with van der Waals surface area (Å²) in [6.07, 6.45) is 0.426. The van der Waals surface area contributed by atoms with E-state index in [-0.39, 0.29) is 23.7 Å². The minimum absolute atomic E-state index is 0.166. The molecule has 8 heteroatoms. The number of nitro benzene ring substituents is 1. The van der Waals surface area contributed by atoms with Crippen LogP contribution in [0.3, 0.4) is 0 Å². The second-order valence-corrected chi connectivity index (χ2v) is 7.54. The zero-order valence-electron chi connectivity index (χ0n) is 19.1. The average Bonchev–Trinajstić information content (AvgIpc) is 3.17. The number of aromatic nitrogens is 1. The van der Waals surface area contributed by atoms with Crippen molar-refractivity contribution in [1.29, 1.82) is 0 Å². The fourth-order valence-corrected chi connectivity index (χ4v) is 4.07. The van der Waals surface area contributed by atoms with E-state index >= 15 is 0 Å². The van der Waals surface area contributed by atoms with Crippen LogP contribution in [0.5, 0.6) is 11.5 Å². The lowest BCUT2D eigenvalue weighted by Crippen LogP contribution is -2.14. The average molecular weight is 460 g/mol. The molecule has 34 heavy (non-hydrogen) atoms. The van der Waals surface area contributed by atoms with Gasteiger partial charge < -0.3 is 14.2 Å². The van der Waals surface area contributed by atoms with Gasteiger partial charge in [-0.15, -0.1) is 0 Å². The van der Waals surface area contributed by atoms with Crippen molar-refractivity contribution in [2.45, 2.75) is 13.3 Å². The van der Waals surface area contributed by atoms with Crippen LogP contribution in [0.4, 0.5) is 5.69 Å². The number of fused-ring (bicyclic) bond motifs is 1. The largest absolute Gasteiger partial charge is 0.497 e. The van der Waals surface area contributed by atoms with Crippen LogP contribution in [0.2, 0.25) is 0 Å². The minimum atomic E-state index is -0.561. The van der Waals surface area contributed by atoms with E-state index < -0.39 is 10.9 Å². The Hall–Kier alpha value is -4.33. The SMILES string of the molecule is CCOC(=O)c1c(Cc2ccccc2)c2cc(OC)ccc2n1-c1ccc(OC)cc1[N+](=O)[O-]. The van der Waals surface area contributed by atoms with Gasteiger partial charge in [0.05, 0.1) is 37.3 Å². The van der Waals surface area contributed by atoms with E-state index in [4.69, 9.17) is 14.2 Å². The molecule has 3 aromatic carbocycles. The molecule has 4 rings (SSSR count). The first kappa shape index (κ1) is 22.8. The van der Waals surface area contributed by atoms with Crippen LogP contribution in [0.15, 0.2) is 66.7 Å². The van der Waals surface area contributed by atoms with Gasteiger partial charge in [-0.05, 0) is 48.4 Å². The molecule has 0 unspecified atom stereocenters. The van der Waals surface area contributed by atoms with Gasteiger partial charge in [-0.2, -0.15) is 0 Å². The van der Waals surface area contributed by atoms with Crippen LogP contribution in [0.1, 0.15) is 28.5 Å². The highest BCUT2D eigenvalue weighted by molar-refractivity contribution is 6.01. The number of carbonyl (C=O) groups excluding carboxylic acids is 1. The maximum absolute atomic E-state index is 13.3. The first-order chi connectivity index (χ1) is 16.5. The minimum Gasteiger partial charge on any atom is -0.497 e. The Morgan fingerprint density at radius 3 is 2.29 bits per heavy atom. The van der Waals surface area contributed by atoms with Gasteiger partial charge in [0.25, 0.3) is 5.69 Å². The molecule has 0 aliphatic rings. The molecule has 0 spiro atoms. The van der Waals surface area contributed by atoms with Gasteiger partial charge >= 0.3 is 5.97 Å². The van der Waals surface area contributed by atoms with Gasteiger partial charge in [-0.25, -0.2) is 4.79 Å². The number of esters is 1. The Balaban J connectivity index is 2.10. The molecule has 1 heterocycles. The van der Waals surface area contributed by atoms with E-state index in [9.17, 15) is 14.9 Å². The van der Waals surface area contributed by atoms with E-state index in [1.807, 2.05) is 36.4 Å². The fourth-order valence-electron chi connectivity index (χ4n) is 4.07. The monoisotopic (exact) mass is 460 g/mol. The molecule has 0 amide bonds. The second kappa shape index (κ2) is 9.66. The lowest BCUT2D eigenvalue weighted by molar-refractivity contribution is -0.384. The Labute approximate surface area is 196 Å². The molecule has 174 valence electrons. The highest BCUT2D eigenvalue weighted by Crippen LogP contribution is 2.38. The van der Waals surface area contributed by atoms with E-state index in [1.165, 1.54) is 13.2 Å². The second-order valence-electron chi connectivity index (χ2n) is 7.54. The number of methoxy groups -OCH3 is 2. The molecule has 8 nitrogen and oxygen atoms in total. The summed E-state index contributed by atoms with van der Waals surface area (Å²) in [5.74, 6) is 0.392. The van der Waals surface area contributed by atoms with Gasteiger partial charge in [0.15, 0.2) is 0 Å². The quantitative estimate of drug-likeness (QED) is 0.201. The first-order valence-corrected chi connectivity index (χ1v) is 10.7.